The summed E-state index contributed by atoms with van der Waals surface area (Å²) >= 11 is 0. The minimum atomic E-state index is -0.448. The van der Waals surface area contributed by atoms with Gasteiger partial charge >= 0.3 is 5.69 Å². The Hall–Kier alpha value is -2.42. The first kappa shape index (κ1) is 17.4. The van der Waals surface area contributed by atoms with Crippen molar-refractivity contribution in [1.82, 2.24) is 28.9 Å². The van der Waals surface area contributed by atoms with Gasteiger partial charge in [0, 0.05) is 26.7 Å². The third-order valence-electron chi connectivity index (χ3n) is 4.97. The summed E-state index contributed by atoms with van der Waals surface area (Å²) in [6.45, 7) is 4.79. The number of amides is 1. The van der Waals surface area contributed by atoms with Crippen molar-refractivity contribution in [3.63, 3.8) is 0 Å². The molecule has 1 fully saturated rings. The Morgan fingerprint density at radius 3 is 2.80 bits per heavy atom. The zero-order valence-corrected chi connectivity index (χ0v) is 14.9. The van der Waals surface area contributed by atoms with Crippen LogP contribution in [0.5, 0.6) is 0 Å². The van der Waals surface area contributed by atoms with Gasteiger partial charge in [-0.25, -0.2) is 9.78 Å². The van der Waals surface area contributed by atoms with Crippen LogP contribution in [0.2, 0.25) is 0 Å². The number of fused-ring (bicyclic) bond motifs is 1. The van der Waals surface area contributed by atoms with E-state index in [1.807, 2.05) is 0 Å². The molecule has 1 saturated heterocycles. The van der Waals surface area contributed by atoms with Crippen LogP contribution < -0.4 is 16.6 Å². The quantitative estimate of drug-likeness (QED) is 0.751. The highest BCUT2D eigenvalue weighted by molar-refractivity contribution is 5.78. The lowest BCUT2D eigenvalue weighted by atomic mass is 10.2. The van der Waals surface area contributed by atoms with E-state index in [2.05, 4.69) is 22.1 Å². The Morgan fingerprint density at radius 2 is 2.08 bits per heavy atom. The van der Waals surface area contributed by atoms with Crippen LogP contribution in [0, 0.1) is 0 Å². The van der Waals surface area contributed by atoms with Gasteiger partial charge in [-0.2, -0.15) is 0 Å². The number of nitrogens with one attached hydrogen (secondary N) is 1. The Labute approximate surface area is 144 Å². The number of likely N-dealkylation sites (N-methyl/N-ethyl adjacent to an activating group) is 1. The highest BCUT2D eigenvalue weighted by Gasteiger charge is 2.23. The lowest BCUT2D eigenvalue weighted by Gasteiger charge is -2.22. The number of carbonyl (C=O) groups is 1. The number of aromatic nitrogens is 4. The molecule has 1 aliphatic rings. The summed E-state index contributed by atoms with van der Waals surface area (Å²) in [5.74, 6) is -0.168. The van der Waals surface area contributed by atoms with Crippen LogP contribution in [0.25, 0.3) is 11.2 Å². The number of hydrogen-bond donors (Lipinski definition) is 1. The molecule has 3 heterocycles. The van der Waals surface area contributed by atoms with E-state index in [1.54, 1.807) is 7.05 Å². The van der Waals surface area contributed by atoms with Crippen molar-refractivity contribution < 1.29 is 4.79 Å². The molecular weight excluding hydrogens is 324 g/mol. The van der Waals surface area contributed by atoms with E-state index in [0.29, 0.717) is 12.6 Å². The molecule has 1 aliphatic heterocycles. The molecule has 3 rings (SSSR count). The summed E-state index contributed by atoms with van der Waals surface area (Å²) in [6, 6.07) is 0.377. The van der Waals surface area contributed by atoms with Crippen molar-refractivity contribution >= 4 is 17.1 Å². The number of carbonyl (C=O) groups excluding carboxylic acids is 1. The molecule has 0 unspecified atom stereocenters. The summed E-state index contributed by atoms with van der Waals surface area (Å²) in [5, 5.41) is 2.95. The van der Waals surface area contributed by atoms with E-state index in [-0.39, 0.29) is 23.6 Å². The van der Waals surface area contributed by atoms with Crippen LogP contribution in [0.1, 0.15) is 19.8 Å². The van der Waals surface area contributed by atoms with Gasteiger partial charge in [0.05, 0.1) is 6.33 Å². The zero-order valence-electron chi connectivity index (χ0n) is 14.9. The highest BCUT2D eigenvalue weighted by atomic mass is 16.2. The summed E-state index contributed by atoms with van der Waals surface area (Å²) in [6.07, 6.45) is 3.67. The van der Waals surface area contributed by atoms with Gasteiger partial charge in [0.1, 0.15) is 6.54 Å². The van der Waals surface area contributed by atoms with Crippen LogP contribution in [-0.2, 0) is 25.4 Å². The molecule has 0 radical (unpaired) electrons. The number of rotatable bonds is 5. The smallest absolute Gasteiger partial charge is 0.332 e. The largest absolute Gasteiger partial charge is 0.353 e. The number of nitrogens with zero attached hydrogens (tertiary/aromatic N) is 5. The molecule has 1 N–H and O–H groups in total. The number of hydrogen-bond acceptors (Lipinski definition) is 5. The van der Waals surface area contributed by atoms with Crippen LogP contribution >= 0.6 is 0 Å². The van der Waals surface area contributed by atoms with Gasteiger partial charge < -0.3 is 9.88 Å². The minimum Gasteiger partial charge on any atom is -0.353 e. The molecule has 1 atom stereocenters. The second kappa shape index (κ2) is 6.83. The normalized spacial score (nSPS) is 18.1. The number of likely N-dealkylation sites (tertiary alicyclic amines) is 1. The van der Waals surface area contributed by atoms with Gasteiger partial charge in [0.2, 0.25) is 5.91 Å². The summed E-state index contributed by atoms with van der Waals surface area (Å²) in [4.78, 5) is 43.1. The summed E-state index contributed by atoms with van der Waals surface area (Å²) < 4.78 is 3.83. The third-order valence-corrected chi connectivity index (χ3v) is 4.97. The van der Waals surface area contributed by atoms with Crippen molar-refractivity contribution in [2.45, 2.75) is 32.4 Å². The molecule has 2 aromatic rings. The van der Waals surface area contributed by atoms with E-state index in [9.17, 15) is 14.4 Å². The van der Waals surface area contributed by atoms with E-state index in [0.717, 1.165) is 30.5 Å². The fourth-order valence-corrected chi connectivity index (χ4v) is 3.50. The predicted octanol–water partition coefficient (Wildman–Crippen LogP) is -0.966. The van der Waals surface area contributed by atoms with Gasteiger partial charge in [-0.1, -0.05) is 6.92 Å². The molecule has 9 nitrogen and oxygen atoms in total. The van der Waals surface area contributed by atoms with Crippen LogP contribution in [0.4, 0.5) is 0 Å². The first-order valence-electron chi connectivity index (χ1n) is 8.55. The third kappa shape index (κ3) is 3.11. The molecule has 1 amide bonds. The molecule has 2 aromatic heterocycles. The second-order valence-corrected chi connectivity index (χ2v) is 6.48. The predicted molar refractivity (Wildman–Crippen MR) is 93.5 cm³/mol. The van der Waals surface area contributed by atoms with E-state index in [4.69, 9.17) is 0 Å². The molecule has 9 heteroatoms. The van der Waals surface area contributed by atoms with Gasteiger partial charge in [-0.05, 0) is 25.9 Å². The van der Waals surface area contributed by atoms with Crippen molar-refractivity contribution in [3.8, 4) is 0 Å². The second-order valence-electron chi connectivity index (χ2n) is 6.48. The maximum Gasteiger partial charge on any atom is 0.332 e. The van der Waals surface area contributed by atoms with Crippen LogP contribution in [0.15, 0.2) is 15.9 Å². The lowest BCUT2D eigenvalue weighted by Crippen LogP contribution is -2.41. The maximum atomic E-state index is 12.4. The fourth-order valence-electron chi connectivity index (χ4n) is 3.50. The van der Waals surface area contributed by atoms with Gasteiger partial charge in [0.15, 0.2) is 11.2 Å². The fraction of sp³-hybridized carbons (Fsp3) is 0.625. The average Bonchev–Trinajstić information content (AvgIpc) is 3.22. The Morgan fingerprint density at radius 1 is 1.32 bits per heavy atom. The summed E-state index contributed by atoms with van der Waals surface area (Å²) in [7, 11) is 2.97. The van der Waals surface area contributed by atoms with Gasteiger partial charge in [-0.15, -0.1) is 0 Å². The first-order valence-corrected chi connectivity index (χ1v) is 8.55. The molecule has 0 saturated carbocycles. The zero-order chi connectivity index (χ0) is 18.1. The molecule has 0 spiro atoms. The highest BCUT2D eigenvalue weighted by Crippen LogP contribution is 2.15. The summed E-state index contributed by atoms with van der Waals surface area (Å²) in [5.41, 5.74) is -0.339. The van der Waals surface area contributed by atoms with Crippen molar-refractivity contribution in [1.29, 1.82) is 0 Å². The number of imidazole rings is 1. The Bertz CT molecular complexity index is 909. The molecule has 0 aromatic carbocycles. The van der Waals surface area contributed by atoms with Gasteiger partial charge in [0.25, 0.3) is 5.56 Å². The SMILES string of the molecule is CCN1CCC[C@@H]1CNC(=O)Cn1cnc2c1c(=O)n(C)c(=O)n2C. The van der Waals surface area contributed by atoms with Crippen molar-refractivity contribution in [2.24, 2.45) is 14.1 Å². The van der Waals surface area contributed by atoms with Crippen LogP contribution in [0.3, 0.4) is 0 Å². The molecular formula is C16H24N6O3. The van der Waals surface area contributed by atoms with Crippen LogP contribution in [-0.4, -0.2) is 55.2 Å². The topological polar surface area (TPSA) is 94.2 Å². The standard InChI is InChI=1S/C16H24N6O3/c1-4-21-7-5-6-11(21)8-17-12(23)9-22-10-18-14-13(22)15(24)20(3)16(25)19(14)2/h10-11H,4-9H2,1-3H3,(H,17,23)/t11-/m1/s1. The lowest BCUT2D eigenvalue weighted by molar-refractivity contribution is -0.121. The molecule has 0 aliphatic carbocycles. The molecule has 136 valence electrons. The Kier molecular flexibility index (Phi) is 4.76. The Balaban J connectivity index is 1.76. The molecule has 25 heavy (non-hydrogen) atoms. The van der Waals surface area contributed by atoms with E-state index >= 15 is 0 Å². The first-order chi connectivity index (χ1) is 11.9. The van der Waals surface area contributed by atoms with Crippen molar-refractivity contribution in [2.75, 3.05) is 19.6 Å². The number of aryl methyl sites for hydroxylation is 1. The molecule has 0 bridgehead atoms. The monoisotopic (exact) mass is 348 g/mol. The van der Waals surface area contributed by atoms with Gasteiger partial charge in [-0.3, -0.25) is 23.6 Å². The average molecular weight is 348 g/mol. The minimum absolute atomic E-state index is 0.00277. The van der Waals surface area contributed by atoms with E-state index in [1.165, 1.54) is 22.5 Å². The van der Waals surface area contributed by atoms with E-state index < -0.39 is 11.2 Å². The van der Waals surface area contributed by atoms with Crippen molar-refractivity contribution in [3.05, 3.63) is 27.2 Å². The maximum absolute atomic E-state index is 12.4.